The molecule has 204 valence electrons. The quantitative estimate of drug-likeness (QED) is 0.449. The van der Waals surface area contributed by atoms with Crippen LogP contribution in [-0.4, -0.2) is 84.7 Å². The summed E-state index contributed by atoms with van der Waals surface area (Å²) in [6, 6.07) is 4.79. The summed E-state index contributed by atoms with van der Waals surface area (Å²) in [6.45, 7) is -1.86. The first-order chi connectivity index (χ1) is 16.4. The van der Waals surface area contributed by atoms with Gasteiger partial charge in [-0.25, -0.2) is 8.78 Å². The van der Waals surface area contributed by atoms with Crippen molar-refractivity contribution in [1.29, 1.82) is 0 Å². The Bertz CT molecular complexity index is 980. The van der Waals surface area contributed by atoms with Crippen LogP contribution >= 0.6 is 0 Å². The molecular weight excluding hydrogens is 532 g/mol. The van der Waals surface area contributed by atoms with Gasteiger partial charge in [0.25, 0.3) is 5.91 Å². The van der Waals surface area contributed by atoms with Crippen molar-refractivity contribution in [2.75, 3.05) is 33.0 Å². The van der Waals surface area contributed by atoms with Crippen LogP contribution in [0.2, 0.25) is 0 Å². The minimum Gasteiger partial charge on any atom is -0.454 e. The van der Waals surface area contributed by atoms with Crippen molar-refractivity contribution in [3.63, 3.8) is 0 Å². The predicted octanol–water partition coefficient (Wildman–Crippen LogP) is 4.50. The molecule has 1 amide bonds. The molecule has 17 heteroatoms. The maximum Gasteiger partial charge on any atom is 0.392 e. The SMILES string of the molecule is O=C(N1CCN(Cc2ccc3c(c2)OCO3)CC1)C(F)(F)C(F)(F)C(F)(F)C(F)(F)C(F)(F)C(F)F. The molecule has 1 fully saturated rings. The minimum absolute atomic E-state index is 0.0107. The van der Waals surface area contributed by atoms with E-state index in [0.29, 0.717) is 17.1 Å². The van der Waals surface area contributed by atoms with Crippen LogP contribution in [0.15, 0.2) is 18.2 Å². The molecule has 0 bridgehead atoms. The third-order valence-corrected chi connectivity index (χ3v) is 5.65. The van der Waals surface area contributed by atoms with Gasteiger partial charge in [0.2, 0.25) is 6.79 Å². The third-order valence-electron chi connectivity index (χ3n) is 5.65. The number of carbonyl (C=O) groups excluding carboxylic acids is 1. The highest BCUT2D eigenvalue weighted by molar-refractivity contribution is 5.85. The lowest BCUT2D eigenvalue weighted by atomic mass is 9.93. The van der Waals surface area contributed by atoms with Crippen LogP contribution in [0.4, 0.5) is 52.7 Å². The molecule has 2 aliphatic heterocycles. The minimum atomic E-state index is -7.74. The highest BCUT2D eigenvalue weighted by Gasteiger charge is 2.89. The summed E-state index contributed by atoms with van der Waals surface area (Å²) in [7, 11) is 0. The number of hydrogen-bond acceptors (Lipinski definition) is 4. The van der Waals surface area contributed by atoms with E-state index < -0.39 is 55.0 Å². The lowest BCUT2D eigenvalue weighted by Crippen LogP contribution is -2.71. The first-order valence-corrected chi connectivity index (χ1v) is 9.95. The maximum absolute atomic E-state index is 14.1. The van der Waals surface area contributed by atoms with E-state index in [-0.39, 0.29) is 31.3 Å². The molecule has 36 heavy (non-hydrogen) atoms. The summed E-state index contributed by atoms with van der Waals surface area (Å²) in [4.78, 5) is 13.5. The van der Waals surface area contributed by atoms with E-state index in [1.54, 1.807) is 23.1 Å². The van der Waals surface area contributed by atoms with Crippen LogP contribution in [0.1, 0.15) is 5.56 Å². The zero-order chi connectivity index (χ0) is 27.3. The van der Waals surface area contributed by atoms with E-state index in [2.05, 4.69) is 0 Å². The van der Waals surface area contributed by atoms with Crippen LogP contribution < -0.4 is 9.47 Å². The molecule has 0 atom stereocenters. The van der Waals surface area contributed by atoms with Crippen molar-refractivity contribution in [2.24, 2.45) is 0 Å². The number of alkyl halides is 12. The Morgan fingerprint density at radius 3 is 1.92 bits per heavy atom. The molecule has 0 unspecified atom stereocenters. The average Bonchev–Trinajstić information content (AvgIpc) is 3.26. The van der Waals surface area contributed by atoms with Gasteiger partial charge in [-0.2, -0.15) is 43.9 Å². The summed E-state index contributed by atoms with van der Waals surface area (Å²) in [5.74, 6) is -38.7. The molecule has 2 heterocycles. The van der Waals surface area contributed by atoms with E-state index in [0.717, 1.165) is 0 Å². The fraction of sp³-hybridized carbons (Fsp3) is 0.632. The van der Waals surface area contributed by atoms with E-state index in [1.807, 2.05) is 0 Å². The third kappa shape index (κ3) is 4.28. The van der Waals surface area contributed by atoms with Crippen molar-refractivity contribution in [3.05, 3.63) is 23.8 Å². The van der Waals surface area contributed by atoms with Gasteiger partial charge in [-0.1, -0.05) is 6.07 Å². The fourth-order valence-electron chi connectivity index (χ4n) is 3.48. The van der Waals surface area contributed by atoms with Crippen molar-refractivity contribution < 1.29 is 67.0 Å². The van der Waals surface area contributed by atoms with Gasteiger partial charge in [-0.05, 0) is 17.7 Å². The summed E-state index contributed by atoms with van der Waals surface area (Å²) in [5, 5.41) is 0. The van der Waals surface area contributed by atoms with Crippen molar-refractivity contribution in [3.8, 4) is 11.5 Å². The molecule has 0 spiro atoms. The summed E-state index contributed by atoms with van der Waals surface area (Å²) < 4.78 is 171. The number of rotatable bonds is 8. The Morgan fingerprint density at radius 1 is 0.806 bits per heavy atom. The molecule has 1 saturated heterocycles. The first-order valence-electron chi connectivity index (χ1n) is 9.95. The molecular formula is C19H16F12N2O3. The van der Waals surface area contributed by atoms with Crippen LogP contribution in [0.5, 0.6) is 11.5 Å². The molecule has 1 aromatic carbocycles. The zero-order valence-corrected chi connectivity index (χ0v) is 17.7. The smallest absolute Gasteiger partial charge is 0.392 e. The van der Waals surface area contributed by atoms with Gasteiger partial charge in [0, 0.05) is 32.7 Å². The molecule has 1 aromatic rings. The van der Waals surface area contributed by atoms with E-state index in [4.69, 9.17) is 9.47 Å². The number of halogens is 12. The lowest BCUT2D eigenvalue weighted by molar-refractivity contribution is -0.407. The number of hydrogen-bond donors (Lipinski definition) is 0. The van der Waals surface area contributed by atoms with Gasteiger partial charge in [0.1, 0.15) is 0 Å². The number of ether oxygens (including phenoxy) is 2. The Hall–Kier alpha value is -2.59. The summed E-state index contributed by atoms with van der Waals surface area (Å²) >= 11 is 0. The molecule has 0 radical (unpaired) electrons. The molecule has 0 saturated carbocycles. The van der Waals surface area contributed by atoms with E-state index in [9.17, 15) is 57.5 Å². The Balaban J connectivity index is 1.70. The Morgan fingerprint density at radius 2 is 1.36 bits per heavy atom. The topological polar surface area (TPSA) is 42.0 Å². The number of piperazine rings is 1. The van der Waals surface area contributed by atoms with Crippen LogP contribution in [-0.2, 0) is 11.3 Å². The standard InChI is InChI=1S/C19H16F12N2O3/c20-13(21)15(22,23)17(26,27)19(30,31)18(28,29)16(24,25)14(34)33-5-3-32(4-6-33)8-10-1-2-11-12(7-10)36-9-35-11/h1-2,7,13H,3-6,8-9H2. The second-order valence-electron chi connectivity index (χ2n) is 7.98. The Kier molecular flexibility index (Phi) is 7.04. The van der Waals surface area contributed by atoms with Gasteiger partial charge in [-0.3, -0.25) is 9.69 Å². The van der Waals surface area contributed by atoms with E-state index in [1.165, 1.54) is 0 Å². The molecule has 0 N–H and O–H groups in total. The van der Waals surface area contributed by atoms with Gasteiger partial charge >= 0.3 is 36.0 Å². The van der Waals surface area contributed by atoms with Crippen molar-refractivity contribution in [2.45, 2.75) is 42.6 Å². The number of nitrogens with zero attached hydrogens (tertiary/aromatic N) is 2. The van der Waals surface area contributed by atoms with E-state index >= 15 is 0 Å². The first kappa shape index (κ1) is 28.0. The van der Waals surface area contributed by atoms with Crippen molar-refractivity contribution >= 4 is 5.91 Å². The largest absolute Gasteiger partial charge is 0.454 e. The molecule has 3 rings (SSSR count). The van der Waals surface area contributed by atoms with Crippen LogP contribution in [0.25, 0.3) is 0 Å². The molecule has 2 aliphatic rings. The number of fused-ring (bicyclic) bond motifs is 1. The van der Waals surface area contributed by atoms with Gasteiger partial charge < -0.3 is 14.4 Å². The van der Waals surface area contributed by atoms with Gasteiger partial charge in [0.05, 0.1) is 0 Å². The highest BCUT2D eigenvalue weighted by atomic mass is 19.4. The summed E-state index contributed by atoms with van der Waals surface area (Å²) in [5.41, 5.74) is 0.637. The average molecular weight is 548 g/mol. The summed E-state index contributed by atoms with van der Waals surface area (Å²) in [6.07, 6.45) is -5.60. The monoisotopic (exact) mass is 548 g/mol. The lowest BCUT2D eigenvalue weighted by Gasteiger charge is -2.41. The number of carbonyl (C=O) groups is 1. The maximum atomic E-state index is 14.1. The number of benzene rings is 1. The fourth-order valence-corrected chi connectivity index (χ4v) is 3.48. The zero-order valence-electron chi connectivity index (χ0n) is 17.7. The molecule has 5 nitrogen and oxygen atoms in total. The second-order valence-corrected chi connectivity index (χ2v) is 7.98. The van der Waals surface area contributed by atoms with Crippen LogP contribution in [0, 0.1) is 0 Å². The van der Waals surface area contributed by atoms with Gasteiger partial charge in [0.15, 0.2) is 11.5 Å². The predicted molar refractivity (Wildman–Crippen MR) is 95.2 cm³/mol. The second kappa shape index (κ2) is 9.06. The normalized spacial score (nSPS) is 18.2. The van der Waals surface area contributed by atoms with Crippen molar-refractivity contribution in [1.82, 2.24) is 9.80 Å². The van der Waals surface area contributed by atoms with Crippen LogP contribution in [0.3, 0.4) is 0 Å². The Labute approximate surface area is 194 Å². The molecule has 0 aliphatic carbocycles. The number of amides is 1. The highest BCUT2D eigenvalue weighted by Crippen LogP contribution is 2.58. The van der Waals surface area contributed by atoms with Gasteiger partial charge in [-0.15, -0.1) is 0 Å². The molecule has 0 aromatic heterocycles.